The summed E-state index contributed by atoms with van der Waals surface area (Å²) in [5.74, 6) is -0.0879. The second kappa shape index (κ2) is 31.4. The summed E-state index contributed by atoms with van der Waals surface area (Å²) < 4.78 is 0. The highest BCUT2D eigenvalue weighted by Crippen LogP contribution is 2.14. The van der Waals surface area contributed by atoms with Gasteiger partial charge in [-0.1, -0.05) is 160 Å². The minimum atomic E-state index is -0.854. The summed E-state index contributed by atoms with van der Waals surface area (Å²) >= 11 is 0. The molecule has 0 heterocycles. The number of carbonyl (C=O) groups is 1. The van der Waals surface area contributed by atoms with E-state index >= 15 is 0 Å². The van der Waals surface area contributed by atoms with Gasteiger partial charge in [-0.3, -0.25) is 4.79 Å². The Hall–Kier alpha value is -1.13. The molecule has 2 unspecified atom stereocenters. The van der Waals surface area contributed by atoms with Gasteiger partial charge in [-0.25, -0.2) is 0 Å². The van der Waals surface area contributed by atoms with Gasteiger partial charge in [0.2, 0.25) is 5.91 Å². The zero-order valence-corrected chi connectivity index (χ0v) is 26.2. The summed E-state index contributed by atoms with van der Waals surface area (Å²) in [6.07, 6.45) is 38.7. The fourth-order valence-corrected chi connectivity index (χ4v) is 5.02. The molecule has 2 atom stereocenters. The molecule has 0 fully saturated rings. The molecule has 0 aromatic heterocycles. The number of unbranched alkanes of at least 4 members (excludes halogenated alkanes) is 21. The Morgan fingerprint density at radius 1 is 0.590 bits per heavy atom. The Bertz CT molecular complexity index is 560. The molecule has 3 N–H and O–H groups in total. The van der Waals surface area contributed by atoms with E-state index in [1.807, 2.05) is 6.08 Å². The zero-order valence-electron chi connectivity index (χ0n) is 26.2. The summed E-state index contributed by atoms with van der Waals surface area (Å²) in [4.78, 5) is 12.1. The molecule has 230 valence electrons. The molecule has 0 aromatic rings. The van der Waals surface area contributed by atoms with Crippen LogP contribution in [0.25, 0.3) is 0 Å². The highest BCUT2D eigenvalue weighted by molar-refractivity contribution is 5.76. The first-order valence-corrected chi connectivity index (χ1v) is 17.1. The molecular weight excluding hydrogens is 482 g/mol. The molecule has 0 saturated heterocycles. The van der Waals surface area contributed by atoms with Crippen LogP contribution >= 0.6 is 0 Å². The molecule has 39 heavy (non-hydrogen) atoms. The molecule has 1 amide bonds. The first-order chi connectivity index (χ1) is 19.2. The van der Waals surface area contributed by atoms with Gasteiger partial charge in [0.05, 0.1) is 18.8 Å². The van der Waals surface area contributed by atoms with E-state index in [0.717, 1.165) is 38.5 Å². The van der Waals surface area contributed by atoms with Crippen molar-refractivity contribution < 1.29 is 15.0 Å². The lowest BCUT2D eigenvalue weighted by atomic mass is 10.0. The van der Waals surface area contributed by atoms with Crippen molar-refractivity contribution in [2.24, 2.45) is 0 Å². The third kappa shape index (κ3) is 28.2. The highest BCUT2D eigenvalue weighted by atomic mass is 16.3. The van der Waals surface area contributed by atoms with E-state index in [2.05, 4.69) is 31.3 Å². The molecule has 0 aliphatic heterocycles. The normalized spacial score (nSPS) is 13.4. The SMILES string of the molecule is CCCCCCCCCCCCCCCCCC/C=C/CC/C=C/C(O)C(CO)NC(=O)CCCCCCC. The number of nitrogens with one attached hydrogen (secondary N) is 1. The molecule has 0 spiro atoms. The largest absolute Gasteiger partial charge is 0.394 e. The van der Waals surface area contributed by atoms with Gasteiger partial charge >= 0.3 is 0 Å². The molecule has 0 bridgehead atoms. The van der Waals surface area contributed by atoms with Crippen molar-refractivity contribution in [3.8, 4) is 0 Å². The quantitative estimate of drug-likeness (QED) is 0.0617. The summed E-state index contributed by atoms with van der Waals surface area (Å²) in [5, 5.41) is 22.6. The van der Waals surface area contributed by atoms with Gasteiger partial charge in [0.25, 0.3) is 0 Å². The lowest BCUT2D eigenvalue weighted by Gasteiger charge is -2.19. The van der Waals surface area contributed by atoms with E-state index in [1.165, 1.54) is 116 Å². The van der Waals surface area contributed by atoms with Crippen LogP contribution in [-0.2, 0) is 4.79 Å². The lowest BCUT2D eigenvalue weighted by molar-refractivity contribution is -0.123. The molecule has 4 heteroatoms. The van der Waals surface area contributed by atoms with Gasteiger partial charge in [-0.15, -0.1) is 0 Å². The van der Waals surface area contributed by atoms with Gasteiger partial charge in [0, 0.05) is 6.42 Å². The Balaban J connectivity index is 3.55. The number of aliphatic hydroxyl groups is 2. The molecule has 0 aromatic carbocycles. The van der Waals surface area contributed by atoms with E-state index < -0.39 is 12.1 Å². The first-order valence-electron chi connectivity index (χ1n) is 17.1. The summed E-state index contributed by atoms with van der Waals surface area (Å²) in [6.45, 7) is 4.20. The minimum Gasteiger partial charge on any atom is -0.394 e. The Morgan fingerprint density at radius 3 is 1.49 bits per heavy atom. The molecule has 4 nitrogen and oxygen atoms in total. The van der Waals surface area contributed by atoms with Gasteiger partial charge in [0.15, 0.2) is 0 Å². The fourth-order valence-electron chi connectivity index (χ4n) is 5.02. The van der Waals surface area contributed by atoms with Crippen molar-refractivity contribution >= 4 is 5.91 Å². The van der Waals surface area contributed by atoms with Crippen LogP contribution in [0.4, 0.5) is 0 Å². The Morgan fingerprint density at radius 2 is 1.00 bits per heavy atom. The maximum atomic E-state index is 12.1. The van der Waals surface area contributed by atoms with E-state index in [1.54, 1.807) is 6.08 Å². The monoisotopic (exact) mass is 550 g/mol. The van der Waals surface area contributed by atoms with Crippen LogP contribution in [0.3, 0.4) is 0 Å². The van der Waals surface area contributed by atoms with Crippen molar-refractivity contribution in [3.63, 3.8) is 0 Å². The van der Waals surface area contributed by atoms with Crippen LogP contribution in [0.5, 0.6) is 0 Å². The lowest BCUT2D eigenvalue weighted by Crippen LogP contribution is -2.45. The average molecular weight is 550 g/mol. The van der Waals surface area contributed by atoms with Crippen LogP contribution in [0.15, 0.2) is 24.3 Å². The first kappa shape index (κ1) is 37.9. The smallest absolute Gasteiger partial charge is 0.220 e. The van der Waals surface area contributed by atoms with Crippen molar-refractivity contribution in [2.45, 2.75) is 187 Å². The summed E-state index contributed by atoms with van der Waals surface area (Å²) in [5.41, 5.74) is 0. The average Bonchev–Trinajstić information content (AvgIpc) is 2.94. The summed E-state index contributed by atoms with van der Waals surface area (Å²) in [6, 6.07) is -0.630. The number of hydrogen-bond acceptors (Lipinski definition) is 3. The van der Waals surface area contributed by atoms with Crippen LogP contribution < -0.4 is 5.32 Å². The standard InChI is InChI=1S/C35H67NO3/c1-3-5-7-9-10-11-12-13-14-15-16-17-18-19-20-21-22-23-24-25-27-28-30-34(38)33(32-37)36-35(39)31-29-26-8-6-4-2/h23-24,28,30,33-34,37-38H,3-22,25-27,29,31-32H2,1-2H3,(H,36,39)/b24-23+,30-28+. The maximum absolute atomic E-state index is 12.1. The van der Waals surface area contributed by atoms with E-state index in [4.69, 9.17) is 0 Å². The van der Waals surface area contributed by atoms with Crippen molar-refractivity contribution in [2.75, 3.05) is 6.61 Å². The minimum absolute atomic E-state index is 0.0879. The van der Waals surface area contributed by atoms with Crippen molar-refractivity contribution in [1.29, 1.82) is 0 Å². The second-order valence-electron chi connectivity index (χ2n) is 11.6. The van der Waals surface area contributed by atoms with Crippen LogP contribution in [0.2, 0.25) is 0 Å². The maximum Gasteiger partial charge on any atom is 0.220 e. The van der Waals surface area contributed by atoms with Gasteiger partial charge in [0.1, 0.15) is 0 Å². The van der Waals surface area contributed by atoms with Crippen LogP contribution in [0.1, 0.15) is 174 Å². The molecule has 0 rings (SSSR count). The number of carbonyl (C=O) groups excluding carboxylic acids is 1. The third-order valence-corrected chi connectivity index (χ3v) is 7.69. The molecular formula is C35H67NO3. The molecule has 0 aliphatic rings. The number of allylic oxidation sites excluding steroid dienone is 3. The van der Waals surface area contributed by atoms with Crippen LogP contribution in [-0.4, -0.2) is 34.9 Å². The van der Waals surface area contributed by atoms with Gasteiger partial charge < -0.3 is 15.5 Å². The second-order valence-corrected chi connectivity index (χ2v) is 11.6. The van der Waals surface area contributed by atoms with Gasteiger partial charge in [-0.05, 0) is 32.1 Å². The number of hydrogen-bond donors (Lipinski definition) is 3. The predicted molar refractivity (Wildman–Crippen MR) is 170 cm³/mol. The number of aliphatic hydroxyl groups excluding tert-OH is 2. The predicted octanol–water partition coefficient (Wildman–Crippen LogP) is 9.73. The van der Waals surface area contributed by atoms with Gasteiger partial charge in [-0.2, -0.15) is 0 Å². The number of amides is 1. The topological polar surface area (TPSA) is 69.6 Å². The van der Waals surface area contributed by atoms with Crippen molar-refractivity contribution in [1.82, 2.24) is 5.32 Å². The van der Waals surface area contributed by atoms with E-state index in [-0.39, 0.29) is 12.5 Å². The molecule has 0 aliphatic carbocycles. The third-order valence-electron chi connectivity index (χ3n) is 7.69. The zero-order chi connectivity index (χ0) is 28.7. The number of rotatable bonds is 30. The Labute approximate surface area is 243 Å². The van der Waals surface area contributed by atoms with E-state index in [9.17, 15) is 15.0 Å². The molecule has 0 saturated carbocycles. The van der Waals surface area contributed by atoms with Crippen LogP contribution in [0, 0.1) is 0 Å². The summed E-state index contributed by atoms with van der Waals surface area (Å²) in [7, 11) is 0. The Kier molecular flexibility index (Phi) is 30.5. The fraction of sp³-hybridized carbons (Fsp3) is 0.857. The molecule has 0 radical (unpaired) electrons. The highest BCUT2D eigenvalue weighted by Gasteiger charge is 2.17. The van der Waals surface area contributed by atoms with E-state index in [0.29, 0.717) is 6.42 Å². The van der Waals surface area contributed by atoms with Crippen molar-refractivity contribution in [3.05, 3.63) is 24.3 Å².